The molecule has 0 radical (unpaired) electrons. The highest BCUT2D eigenvalue weighted by molar-refractivity contribution is 7.89. The normalized spacial score (nSPS) is 23.3. The van der Waals surface area contributed by atoms with Crippen molar-refractivity contribution in [1.29, 1.82) is 0 Å². The van der Waals surface area contributed by atoms with Gasteiger partial charge in [0.2, 0.25) is 10.0 Å². The van der Waals surface area contributed by atoms with Crippen molar-refractivity contribution in [3.63, 3.8) is 0 Å². The Balaban J connectivity index is 2.31. The number of ether oxygens (including phenoxy) is 1. The fraction of sp³-hybridized carbons (Fsp3) is 0.615. The number of morpholine rings is 1. The summed E-state index contributed by atoms with van der Waals surface area (Å²) in [4.78, 5) is 14.4. The van der Waals surface area contributed by atoms with Crippen molar-refractivity contribution in [2.45, 2.75) is 30.9 Å². The van der Waals surface area contributed by atoms with Crippen molar-refractivity contribution >= 4 is 15.9 Å². The molecule has 7 nitrogen and oxygen atoms in total. The van der Waals surface area contributed by atoms with Gasteiger partial charge in [0.25, 0.3) is 5.91 Å². The van der Waals surface area contributed by atoms with E-state index in [0.717, 1.165) is 0 Å². The smallest absolute Gasteiger partial charge is 0.270 e. The fourth-order valence-corrected chi connectivity index (χ4v) is 3.14. The van der Waals surface area contributed by atoms with Crippen LogP contribution in [0.4, 0.5) is 0 Å². The van der Waals surface area contributed by atoms with E-state index in [0.29, 0.717) is 18.8 Å². The molecule has 0 aliphatic carbocycles. The first-order chi connectivity index (χ1) is 9.76. The molecule has 1 fully saturated rings. The van der Waals surface area contributed by atoms with Crippen LogP contribution >= 0.6 is 0 Å². The molecular weight excluding hydrogens is 294 g/mol. The van der Waals surface area contributed by atoms with Crippen LogP contribution in [0.5, 0.6) is 0 Å². The molecule has 0 saturated carbocycles. The summed E-state index contributed by atoms with van der Waals surface area (Å²) in [6.45, 7) is 4.81. The van der Waals surface area contributed by atoms with Crippen LogP contribution in [-0.2, 0) is 21.8 Å². The molecule has 118 valence electrons. The minimum absolute atomic E-state index is 0.0223. The summed E-state index contributed by atoms with van der Waals surface area (Å²) in [5.74, 6) is -0.183. The lowest BCUT2D eigenvalue weighted by atomic mass is 10.2. The molecule has 1 N–H and O–H groups in total. The van der Waals surface area contributed by atoms with E-state index in [1.54, 1.807) is 16.5 Å². The molecular formula is C13H21N3O4S. The number of amides is 1. The highest BCUT2D eigenvalue weighted by Gasteiger charge is 2.30. The minimum Gasteiger partial charge on any atom is -0.375 e. The number of nitrogens with zero attached hydrogens (tertiary/aromatic N) is 2. The van der Waals surface area contributed by atoms with E-state index in [-0.39, 0.29) is 22.9 Å². The molecule has 21 heavy (non-hydrogen) atoms. The minimum atomic E-state index is -3.55. The van der Waals surface area contributed by atoms with Crippen LogP contribution in [0, 0.1) is 0 Å². The molecule has 0 spiro atoms. The summed E-state index contributed by atoms with van der Waals surface area (Å²) in [5, 5.41) is 0. The highest BCUT2D eigenvalue weighted by atomic mass is 32.2. The van der Waals surface area contributed by atoms with Crippen molar-refractivity contribution in [1.82, 2.24) is 14.2 Å². The van der Waals surface area contributed by atoms with Crippen molar-refractivity contribution in [2.24, 2.45) is 7.05 Å². The van der Waals surface area contributed by atoms with Crippen LogP contribution in [0.15, 0.2) is 17.2 Å². The van der Waals surface area contributed by atoms with Crippen molar-refractivity contribution < 1.29 is 17.9 Å². The summed E-state index contributed by atoms with van der Waals surface area (Å²) in [5.41, 5.74) is 0.352. The number of aryl methyl sites for hydroxylation is 1. The van der Waals surface area contributed by atoms with Gasteiger partial charge >= 0.3 is 0 Å². The van der Waals surface area contributed by atoms with Crippen molar-refractivity contribution in [3.8, 4) is 0 Å². The third-order valence-electron chi connectivity index (χ3n) is 3.65. The Hall–Kier alpha value is -1.38. The summed E-state index contributed by atoms with van der Waals surface area (Å²) in [7, 11) is -0.549. The Morgan fingerprint density at radius 3 is 2.71 bits per heavy atom. The van der Waals surface area contributed by atoms with Crippen LogP contribution in [-0.4, -0.2) is 56.1 Å². The van der Waals surface area contributed by atoms with Gasteiger partial charge in [0.1, 0.15) is 10.6 Å². The topological polar surface area (TPSA) is 80.6 Å². The predicted molar refractivity (Wildman–Crippen MR) is 77.6 cm³/mol. The molecule has 2 atom stereocenters. The highest BCUT2D eigenvalue weighted by Crippen LogP contribution is 2.19. The molecule has 1 aromatic rings. The van der Waals surface area contributed by atoms with Crippen LogP contribution in [0.25, 0.3) is 0 Å². The Bertz CT molecular complexity index is 638. The molecule has 1 aliphatic rings. The SMILES string of the molecule is CNS(=O)(=O)c1cc(C(=O)N2C[C@H](C)OC[C@H]2C)n(C)c1. The van der Waals surface area contributed by atoms with Gasteiger partial charge in [0.05, 0.1) is 18.8 Å². The number of rotatable bonds is 3. The lowest BCUT2D eigenvalue weighted by molar-refractivity contribution is -0.0390. The maximum Gasteiger partial charge on any atom is 0.270 e. The second-order valence-corrected chi connectivity index (χ2v) is 7.22. The molecule has 1 amide bonds. The van der Waals surface area contributed by atoms with E-state index >= 15 is 0 Å². The van der Waals surface area contributed by atoms with Crippen LogP contribution in [0.3, 0.4) is 0 Å². The number of carbonyl (C=O) groups is 1. The Morgan fingerprint density at radius 2 is 2.10 bits per heavy atom. The zero-order chi connectivity index (χ0) is 15.8. The van der Waals surface area contributed by atoms with Gasteiger partial charge in [-0.3, -0.25) is 4.79 Å². The van der Waals surface area contributed by atoms with E-state index in [9.17, 15) is 13.2 Å². The lowest BCUT2D eigenvalue weighted by Crippen LogP contribution is -2.50. The Kier molecular flexibility index (Phi) is 4.40. The molecule has 8 heteroatoms. The third-order valence-corrected chi connectivity index (χ3v) is 5.03. The molecule has 0 unspecified atom stereocenters. The first-order valence-electron chi connectivity index (χ1n) is 6.78. The molecule has 2 rings (SSSR count). The van der Waals surface area contributed by atoms with Crippen molar-refractivity contribution in [3.05, 3.63) is 18.0 Å². The number of carbonyl (C=O) groups excluding carboxylic acids is 1. The average Bonchev–Trinajstić information content (AvgIpc) is 2.83. The van der Waals surface area contributed by atoms with E-state index in [1.165, 1.54) is 19.3 Å². The number of nitrogens with one attached hydrogen (secondary N) is 1. The zero-order valence-electron chi connectivity index (χ0n) is 12.7. The molecule has 1 aliphatic heterocycles. The van der Waals surface area contributed by atoms with Crippen molar-refractivity contribution in [2.75, 3.05) is 20.2 Å². The van der Waals surface area contributed by atoms with E-state index in [2.05, 4.69) is 4.72 Å². The molecule has 0 aromatic carbocycles. The van der Waals surface area contributed by atoms with Gasteiger partial charge in [-0.25, -0.2) is 13.1 Å². The van der Waals surface area contributed by atoms with Crippen LogP contribution in [0.2, 0.25) is 0 Å². The van der Waals surface area contributed by atoms with Gasteiger partial charge in [-0.15, -0.1) is 0 Å². The van der Waals surface area contributed by atoms with Gasteiger partial charge in [0.15, 0.2) is 0 Å². The zero-order valence-corrected chi connectivity index (χ0v) is 13.5. The Morgan fingerprint density at radius 1 is 1.43 bits per heavy atom. The van der Waals surface area contributed by atoms with E-state index < -0.39 is 10.0 Å². The second kappa shape index (κ2) is 5.78. The number of aromatic nitrogens is 1. The summed E-state index contributed by atoms with van der Waals surface area (Å²) >= 11 is 0. The number of hydrogen-bond donors (Lipinski definition) is 1. The molecule has 0 bridgehead atoms. The number of hydrogen-bond acceptors (Lipinski definition) is 4. The third kappa shape index (κ3) is 3.12. The lowest BCUT2D eigenvalue weighted by Gasteiger charge is -2.36. The van der Waals surface area contributed by atoms with E-state index in [4.69, 9.17) is 4.74 Å². The van der Waals surface area contributed by atoms with Gasteiger partial charge in [0, 0.05) is 19.8 Å². The monoisotopic (exact) mass is 315 g/mol. The van der Waals surface area contributed by atoms with Gasteiger partial charge in [-0.2, -0.15) is 0 Å². The summed E-state index contributed by atoms with van der Waals surface area (Å²) in [6, 6.07) is 1.37. The van der Waals surface area contributed by atoms with Gasteiger partial charge < -0.3 is 14.2 Å². The standard InChI is InChI=1S/C13H21N3O4S/c1-9-8-20-10(2)6-16(9)13(17)12-5-11(7-15(12)4)21(18,19)14-3/h5,7,9-10,14H,6,8H2,1-4H3/t9-,10+/m1/s1. The maximum atomic E-state index is 12.6. The molecule has 1 saturated heterocycles. The number of sulfonamides is 1. The van der Waals surface area contributed by atoms with E-state index in [1.807, 2.05) is 13.8 Å². The average molecular weight is 315 g/mol. The van der Waals surface area contributed by atoms with Gasteiger partial charge in [-0.05, 0) is 27.0 Å². The van der Waals surface area contributed by atoms with Crippen LogP contribution in [0.1, 0.15) is 24.3 Å². The molecule has 2 heterocycles. The Labute approximate surface area is 124 Å². The first kappa shape index (κ1) is 16.0. The maximum absolute atomic E-state index is 12.6. The second-order valence-electron chi connectivity index (χ2n) is 5.33. The fourth-order valence-electron chi connectivity index (χ4n) is 2.35. The predicted octanol–water partition coefficient (Wildman–Crippen LogP) is 0.183. The summed E-state index contributed by atoms with van der Waals surface area (Å²) in [6.07, 6.45) is 1.42. The molecule has 1 aromatic heterocycles. The first-order valence-corrected chi connectivity index (χ1v) is 8.27. The van der Waals surface area contributed by atoms with Crippen LogP contribution < -0.4 is 4.72 Å². The van der Waals surface area contributed by atoms with Gasteiger partial charge in [-0.1, -0.05) is 0 Å². The summed E-state index contributed by atoms with van der Waals surface area (Å²) < 4.78 is 32.9. The largest absolute Gasteiger partial charge is 0.375 e. The quantitative estimate of drug-likeness (QED) is 0.863.